The maximum atomic E-state index is 13.7. The smallest absolute Gasteiger partial charge is 0.224 e. The number of imidazole rings is 1. The van der Waals surface area contributed by atoms with E-state index in [2.05, 4.69) is 32.5 Å². The van der Waals surface area contributed by atoms with Crippen molar-refractivity contribution in [1.29, 1.82) is 0 Å². The van der Waals surface area contributed by atoms with Gasteiger partial charge in [-0.05, 0) is 42.3 Å². The van der Waals surface area contributed by atoms with Crippen molar-refractivity contribution in [1.82, 2.24) is 25.3 Å². The van der Waals surface area contributed by atoms with E-state index in [4.69, 9.17) is 14.5 Å². The van der Waals surface area contributed by atoms with Gasteiger partial charge >= 0.3 is 0 Å². The molecule has 0 bridgehead atoms. The molecule has 0 radical (unpaired) electrons. The number of nitrogens with one attached hydrogen (secondary N) is 3. The zero-order chi connectivity index (χ0) is 28.0. The summed E-state index contributed by atoms with van der Waals surface area (Å²) < 4.78 is 25.9. The highest BCUT2D eigenvalue weighted by molar-refractivity contribution is 5.78. The number of aromatic nitrogens is 4. The van der Waals surface area contributed by atoms with Gasteiger partial charge in [0.2, 0.25) is 18.1 Å². The van der Waals surface area contributed by atoms with Crippen LogP contribution in [0.3, 0.4) is 0 Å². The summed E-state index contributed by atoms with van der Waals surface area (Å²) >= 11 is 0. The van der Waals surface area contributed by atoms with Crippen molar-refractivity contribution < 1.29 is 18.7 Å². The summed E-state index contributed by atoms with van der Waals surface area (Å²) in [4.78, 5) is 29.5. The highest BCUT2D eigenvalue weighted by atomic mass is 19.1. The average Bonchev–Trinajstić information content (AvgIpc) is 3.42. The Labute approximate surface area is 232 Å². The predicted molar refractivity (Wildman–Crippen MR) is 150 cm³/mol. The van der Waals surface area contributed by atoms with Gasteiger partial charge in [-0.15, -0.1) is 0 Å². The second-order valence-electron chi connectivity index (χ2n) is 10.2. The minimum atomic E-state index is -0.736. The highest BCUT2D eigenvalue weighted by Gasteiger charge is 2.35. The molecule has 2 aromatic heterocycles. The molecule has 0 aliphatic carbocycles. The van der Waals surface area contributed by atoms with E-state index in [0.29, 0.717) is 55.0 Å². The van der Waals surface area contributed by atoms with E-state index in [0.717, 1.165) is 24.1 Å². The molecule has 5 rings (SSSR count). The van der Waals surface area contributed by atoms with Crippen LogP contribution in [0.15, 0.2) is 66.9 Å². The van der Waals surface area contributed by atoms with Gasteiger partial charge in [0.05, 0.1) is 36.7 Å². The van der Waals surface area contributed by atoms with Gasteiger partial charge < -0.3 is 25.1 Å². The lowest BCUT2D eigenvalue weighted by Gasteiger charge is -2.36. The van der Waals surface area contributed by atoms with Crippen molar-refractivity contribution in [2.75, 3.05) is 31.6 Å². The Balaban J connectivity index is 1.30. The summed E-state index contributed by atoms with van der Waals surface area (Å²) in [6.07, 6.45) is 2.21. The largest absolute Gasteiger partial charge is 0.355 e. The molecular formula is C30H33FN6O3. The van der Waals surface area contributed by atoms with Crippen molar-refractivity contribution in [3.8, 4) is 22.6 Å². The average molecular weight is 545 g/mol. The summed E-state index contributed by atoms with van der Waals surface area (Å²) in [5.41, 5.74) is 3.17. The first-order chi connectivity index (χ1) is 19.4. The molecule has 4 aromatic rings. The fourth-order valence-corrected chi connectivity index (χ4v) is 4.38. The van der Waals surface area contributed by atoms with Gasteiger partial charge in [-0.25, -0.2) is 19.3 Å². The lowest BCUT2D eigenvalue weighted by atomic mass is 9.92. The molecule has 208 valence electrons. The third-order valence-electron chi connectivity index (χ3n) is 6.59. The van der Waals surface area contributed by atoms with Crippen LogP contribution in [0.2, 0.25) is 0 Å². The first-order valence-corrected chi connectivity index (χ1v) is 13.4. The van der Waals surface area contributed by atoms with Crippen molar-refractivity contribution >= 4 is 11.9 Å². The van der Waals surface area contributed by atoms with E-state index < -0.39 is 11.7 Å². The normalized spacial score (nSPS) is 18.8. The molecule has 0 spiro atoms. The number of anilines is 1. The number of aromatic amines is 1. The number of carbonyl (C=O) groups is 1. The SMILES string of the molecule is CCCNc1nccc(-c2[nH]c(C3OCC(C)(CNC(=O)Cc4ccccc4)CO3)nc2-c2ccc(F)cc2)n1. The Kier molecular flexibility index (Phi) is 8.47. The van der Waals surface area contributed by atoms with Crippen molar-refractivity contribution in [2.45, 2.75) is 33.0 Å². The Morgan fingerprint density at radius 1 is 1.07 bits per heavy atom. The van der Waals surface area contributed by atoms with Gasteiger partial charge in [-0.3, -0.25) is 4.79 Å². The minimum Gasteiger partial charge on any atom is -0.355 e. The summed E-state index contributed by atoms with van der Waals surface area (Å²) in [7, 11) is 0. The Morgan fingerprint density at radius 2 is 1.82 bits per heavy atom. The Bertz CT molecular complexity index is 1420. The van der Waals surface area contributed by atoms with Gasteiger partial charge in [0.15, 0.2) is 5.82 Å². The quantitative estimate of drug-likeness (QED) is 0.260. The van der Waals surface area contributed by atoms with Gasteiger partial charge in [-0.2, -0.15) is 0 Å². The van der Waals surface area contributed by atoms with Crippen LogP contribution in [0.5, 0.6) is 0 Å². The number of benzene rings is 2. The highest BCUT2D eigenvalue weighted by Crippen LogP contribution is 2.35. The topological polar surface area (TPSA) is 114 Å². The third kappa shape index (κ3) is 6.70. The molecule has 9 nitrogen and oxygen atoms in total. The van der Waals surface area contributed by atoms with Crippen molar-refractivity contribution in [2.24, 2.45) is 5.41 Å². The van der Waals surface area contributed by atoms with Crippen molar-refractivity contribution in [3.63, 3.8) is 0 Å². The second-order valence-corrected chi connectivity index (χ2v) is 10.2. The number of H-pyrrole nitrogens is 1. The molecule has 1 aliphatic rings. The van der Waals surface area contributed by atoms with Crippen LogP contribution < -0.4 is 10.6 Å². The second kappa shape index (κ2) is 12.4. The number of hydrogen-bond donors (Lipinski definition) is 3. The van der Waals surface area contributed by atoms with Gasteiger partial charge in [0, 0.05) is 30.3 Å². The first kappa shape index (κ1) is 27.4. The van der Waals surface area contributed by atoms with E-state index in [1.54, 1.807) is 24.4 Å². The van der Waals surface area contributed by atoms with Gasteiger partial charge in [0.1, 0.15) is 5.82 Å². The fourth-order valence-electron chi connectivity index (χ4n) is 4.38. The molecule has 0 atom stereocenters. The number of nitrogens with zero attached hydrogens (tertiary/aromatic N) is 3. The van der Waals surface area contributed by atoms with E-state index in [-0.39, 0.29) is 11.7 Å². The molecule has 1 aliphatic heterocycles. The molecule has 0 saturated carbocycles. The van der Waals surface area contributed by atoms with Crippen LogP contribution in [0.4, 0.5) is 10.3 Å². The molecule has 3 heterocycles. The number of ether oxygens (including phenoxy) is 2. The maximum absolute atomic E-state index is 13.7. The number of rotatable bonds is 10. The number of halogens is 1. The van der Waals surface area contributed by atoms with Crippen LogP contribution in [0.1, 0.15) is 37.9 Å². The van der Waals surface area contributed by atoms with Crippen LogP contribution in [-0.2, 0) is 20.7 Å². The number of hydrogen-bond acceptors (Lipinski definition) is 7. The predicted octanol–water partition coefficient (Wildman–Crippen LogP) is 4.91. The summed E-state index contributed by atoms with van der Waals surface area (Å²) in [6.45, 7) is 5.98. The van der Waals surface area contributed by atoms with Crippen LogP contribution >= 0.6 is 0 Å². The lowest BCUT2D eigenvalue weighted by molar-refractivity contribution is -0.232. The van der Waals surface area contributed by atoms with Gasteiger partial charge in [0.25, 0.3) is 0 Å². The molecule has 40 heavy (non-hydrogen) atoms. The Hall–Kier alpha value is -4.15. The number of amides is 1. The summed E-state index contributed by atoms with van der Waals surface area (Å²) in [6, 6.07) is 17.6. The van der Waals surface area contributed by atoms with Crippen molar-refractivity contribution in [3.05, 3.63) is 84.1 Å². The summed E-state index contributed by atoms with van der Waals surface area (Å²) in [5.74, 6) is 0.608. The number of carbonyl (C=O) groups excluding carboxylic acids is 1. The molecular weight excluding hydrogens is 511 g/mol. The first-order valence-electron chi connectivity index (χ1n) is 13.4. The third-order valence-corrected chi connectivity index (χ3v) is 6.59. The molecule has 0 unspecified atom stereocenters. The minimum absolute atomic E-state index is 0.0492. The molecule has 1 amide bonds. The molecule has 1 saturated heterocycles. The van der Waals surface area contributed by atoms with E-state index in [9.17, 15) is 9.18 Å². The van der Waals surface area contributed by atoms with E-state index >= 15 is 0 Å². The fraction of sp³-hybridized carbons (Fsp3) is 0.333. The van der Waals surface area contributed by atoms with Crippen LogP contribution in [-0.4, -0.2) is 52.1 Å². The van der Waals surface area contributed by atoms with Gasteiger partial charge in [-0.1, -0.05) is 44.2 Å². The van der Waals surface area contributed by atoms with Crippen LogP contribution in [0.25, 0.3) is 22.6 Å². The Morgan fingerprint density at radius 3 is 2.55 bits per heavy atom. The lowest BCUT2D eigenvalue weighted by Crippen LogP contribution is -2.45. The van der Waals surface area contributed by atoms with E-state index in [1.807, 2.05) is 37.3 Å². The maximum Gasteiger partial charge on any atom is 0.224 e. The standard InChI is InChI=1S/C30H33FN6O3/c1-3-14-32-29-33-15-13-23(35-29)26-25(21-9-11-22(31)12-10-21)36-27(37-26)28-39-18-30(2,19-40-28)17-34-24(38)16-20-7-5-4-6-8-20/h4-13,15,28H,3,14,16-19H2,1-2H3,(H,34,38)(H,36,37)(H,32,33,35). The molecule has 1 fully saturated rings. The molecule has 2 aromatic carbocycles. The molecule has 3 N–H and O–H groups in total. The summed E-state index contributed by atoms with van der Waals surface area (Å²) in [5, 5.41) is 6.20. The zero-order valence-electron chi connectivity index (χ0n) is 22.6. The zero-order valence-corrected chi connectivity index (χ0v) is 22.6. The monoisotopic (exact) mass is 544 g/mol. The van der Waals surface area contributed by atoms with E-state index in [1.165, 1.54) is 12.1 Å². The van der Waals surface area contributed by atoms with Crippen LogP contribution in [0, 0.1) is 11.2 Å². The molecule has 10 heteroatoms.